The highest BCUT2D eigenvalue weighted by molar-refractivity contribution is 7.92. The van der Waals surface area contributed by atoms with Gasteiger partial charge in [0.25, 0.3) is 10.0 Å². The third-order valence-corrected chi connectivity index (χ3v) is 9.40. The second kappa shape index (κ2) is 14.0. The molecular weight excluding hydrogens is 626 g/mol. The smallest absolute Gasteiger partial charge is 0.352 e. The molecule has 0 unspecified atom stereocenters. The number of anilines is 1. The number of hydrogen-bond donors (Lipinski definition) is 1. The lowest BCUT2D eigenvalue weighted by molar-refractivity contribution is -0.139. The first kappa shape index (κ1) is 34.2. The number of amides is 2. The molecule has 0 aliphatic carbocycles. The number of nitrogens with zero attached hydrogens (tertiary/aromatic N) is 2. The third kappa shape index (κ3) is 8.43. The van der Waals surface area contributed by atoms with Gasteiger partial charge >= 0.3 is 6.18 Å². The minimum atomic E-state index is -4.77. The zero-order chi connectivity index (χ0) is 32.1. The summed E-state index contributed by atoms with van der Waals surface area (Å²) in [6.07, 6.45) is -4.16. The fourth-order valence-electron chi connectivity index (χ4n) is 4.11. The summed E-state index contributed by atoms with van der Waals surface area (Å²) >= 11 is 12.7. The molecule has 0 saturated heterocycles. The maximum absolute atomic E-state index is 14.0. The number of sulfonamides is 1. The van der Waals surface area contributed by atoms with Crippen LogP contribution < -0.4 is 9.62 Å². The van der Waals surface area contributed by atoms with Gasteiger partial charge in [-0.1, -0.05) is 60.0 Å². The molecule has 3 aromatic rings. The number of hydrogen-bond acceptors (Lipinski definition) is 4. The van der Waals surface area contributed by atoms with Gasteiger partial charge in [-0.3, -0.25) is 13.9 Å². The van der Waals surface area contributed by atoms with Crippen LogP contribution in [0, 0.1) is 6.92 Å². The number of aryl methyl sites for hydroxylation is 1. The first-order valence-electron chi connectivity index (χ1n) is 13.4. The zero-order valence-corrected chi connectivity index (χ0v) is 26.3. The molecule has 0 saturated carbocycles. The molecule has 1 N–H and O–H groups in total. The van der Waals surface area contributed by atoms with E-state index in [1.54, 1.807) is 32.0 Å². The standard InChI is InChI=1S/C30H32Cl2F3N3O4S/c1-5-20(3)36-29(40)21(4)37(17-25-26(31)10-7-11-27(25)32)28(39)18-38(23-9-6-8-22(16-23)30(33,34)35)43(41,42)24-14-12-19(2)13-15-24/h6-16,20-21H,5,17-18H2,1-4H3,(H,36,40)/t20-,21+/m1/s1. The molecule has 7 nitrogen and oxygen atoms in total. The molecule has 43 heavy (non-hydrogen) atoms. The SMILES string of the molecule is CC[C@@H](C)NC(=O)[C@H](C)N(Cc1c(Cl)cccc1Cl)C(=O)CN(c1cccc(C(F)(F)F)c1)S(=O)(=O)c1ccc(C)cc1. The lowest BCUT2D eigenvalue weighted by atomic mass is 10.1. The van der Waals surface area contributed by atoms with E-state index in [2.05, 4.69) is 5.32 Å². The first-order chi connectivity index (χ1) is 20.1. The van der Waals surface area contributed by atoms with Crippen molar-refractivity contribution in [1.82, 2.24) is 10.2 Å². The predicted molar refractivity (Wildman–Crippen MR) is 162 cm³/mol. The molecule has 3 rings (SSSR count). The summed E-state index contributed by atoms with van der Waals surface area (Å²) in [7, 11) is -4.55. The van der Waals surface area contributed by atoms with Crippen LogP contribution in [0.1, 0.15) is 43.9 Å². The molecule has 232 valence electrons. The van der Waals surface area contributed by atoms with Gasteiger partial charge in [-0.05, 0) is 69.7 Å². The predicted octanol–water partition coefficient (Wildman–Crippen LogP) is 6.85. The molecule has 0 aliphatic heterocycles. The van der Waals surface area contributed by atoms with Gasteiger partial charge in [0.05, 0.1) is 16.1 Å². The number of benzene rings is 3. The molecule has 0 radical (unpaired) electrons. The van der Waals surface area contributed by atoms with E-state index in [-0.39, 0.29) is 33.2 Å². The van der Waals surface area contributed by atoms with Gasteiger partial charge < -0.3 is 10.2 Å². The number of halogens is 5. The molecule has 0 aliphatic rings. The van der Waals surface area contributed by atoms with Crippen LogP contribution in [0.15, 0.2) is 71.6 Å². The van der Waals surface area contributed by atoms with Crippen LogP contribution >= 0.6 is 23.2 Å². The maximum atomic E-state index is 14.0. The molecule has 13 heteroatoms. The molecule has 0 heterocycles. The van der Waals surface area contributed by atoms with Crippen LogP contribution in [0.25, 0.3) is 0 Å². The van der Waals surface area contributed by atoms with Gasteiger partial charge in [-0.15, -0.1) is 0 Å². The van der Waals surface area contributed by atoms with E-state index in [0.717, 1.165) is 22.6 Å². The Balaban J connectivity index is 2.13. The normalized spacial score (nSPS) is 13.2. The van der Waals surface area contributed by atoms with Crippen LogP contribution in [-0.4, -0.2) is 43.8 Å². The summed E-state index contributed by atoms with van der Waals surface area (Å²) in [6, 6.07) is 12.7. The van der Waals surface area contributed by atoms with Crippen molar-refractivity contribution < 1.29 is 31.2 Å². The number of nitrogens with one attached hydrogen (secondary N) is 1. The van der Waals surface area contributed by atoms with Crippen molar-refractivity contribution in [3.8, 4) is 0 Å². The Morgan fingerprint density at radius 3 is 2.09 bits per heavy atom. The second-order valence-corrected chi connectivity index (χ2v) is 12.8. The van der Waals surface area contributed by atoms with Crippen molar-refractivity contribution in [2.24, 2.45) is 0 Å². The van der Waals surface area contributed by atoms with Gasteiger partial charge in [-0.2, -0.15) is 13.2 Å². The van der Waals surface area contributed by atoms with Crippen LogP contribution in [0.5, 0.6) is 0 Å². The van der Waals surface area contributed by atoms with E-state index < -0.39 is 46.2 Å². The maximum Gasteiger partial charge on any atom is 0.416 e. The molecule has 2 atom stereocenters. The molecule has 2 amide bonds. The van der Waals surface area contributed by atoms with Gasteiger partial charge in [0.2, 0.25) is 11.8 Å². The van der Waals surface area contributed by atoms with E-state index in [9.17, 15) is 31.2 Å². The Labute approximate surface area is 259 Å². The number of alkyl halides is 3. The lowest BCUT2D eigenvalue weighted by Gasteiger charge is -2.33. The molecule has 0 spiro atoms. The van der Waals surface area contributed by atoms with E-state index in [0.29, 0.717) is 22.4 Å². The summed E-state index contributed by atoms with van der Waals surface area (Å²) in [4.78, 5) is 28.0. The van der Waals surface area contributed by atoms with E-state index in [1.165, 1.54) is 37.3 Å². The monoisotopic (exact) mass is 657 g/mol. The fourth-order valence-corrected chi connectivity index (χ4v) is 6.03. The Bertz CT molecular complexity index is 1550. The van der Waals surface area contributed by atoms with Crippen LogP contribution in [0.2, 0.25) is 10.0 Å². The van der Waals surface area contributed by atoms with Gasteiger partial charge in [0.1, 0.15) is 12.6 Å². The fraction of sp³-hybridized carbons (Fsp3) is 0.333. The topological polar surface area (TPSA) is 86.8 Å². The summed E-state index contributed by atoms with van der Waals surface area (Å²) in [6.45, 7) is 5.67. The van der Waals surface area contributed by atoms with Crippen LogP contribution in [0.3, 0.4) is 0 Å². The molecule has 3 aromatic carbocycles. The Hall–Kier alpha value is -3.28. The highest BCUT2D eigenvalue weighted by Gasteiger charge is 2.35. The average Bonchev–Trinajstić information content (AvgIpc) is 2.95. The molecule has 0 aromatic heterocycles. The number of rotatable bonds is 11. The highest BCUT2D eigenvalue weighted by Crippen LogP contribution is 2.34. The Kier molecular flexibility index (Phi) is 11.1. The Morgan fingerprint density at radius 1 is 0.953 bits per heavy atom. The van der Waals surface area contributed by atoms with Gasteiger partial charge in [-0.25, -0.2) is 8.42 Å². The summed E-state index contributed by atoms with van der Waals surface area (Å²) in [5, 5.41) is 3.21. The average molecular weight is 659 g/mol. The quantitative estimate of drug-likeness (QED) is 0.244. The van der Waals surface area contributed by atoms with Crippen molar-refractivity contribution in [3.05, 3.63) is 93.5 Å². The molecule has 0 bridgehead atoms. The van der Waals surface area contributed by atoms with Crippen molar-refractivity contribution in [2.45, 2.75) is 63.8 Å². The second-order valence-electron chi connectivity index (χ2n) is 10.1. The van der Waals surface area contributed by atoms with Crippen molar-refractivity contribution in [2.75, 3.05) is 10.8 Å². The van der Waals surface area contributed by atoms with Crippen molar-refractivity contribution in [1.29, 1.82) is 0 Å². The van der Waals surface area contributed by atoms with E-state index in [4.69, 9.17) is 23.2 Å². The van der Waals surface area contributed by atoms with Crippen LogP contribution in [-0.2, 0) is 32.3 Å². The highest BCUT2D eigenvalue weighted by atomic mass is 35.5. The Morgan fingerprint density at radius 2 is 1.53 bits per heavy atom. The molecular formula is C30H32Cl2F3N3O4S. The van der Waals surface area contributed by atoms with Gasteiger partial charge in [0, 0.05) is 28.2 Å². The number of carbonyl (C=O) groups is 2. The number of carbonyl (C=O) groups excluding carboxylic acids is 2. The largest absolute Gasteiger partial charge is 0.416 e. The van der Waals surface area contributed by atoms with E-state index >= 15 is 0 Å². The first-order valence-corrected chi connectivity index (χ1v) is 15.5. The minimum Gasteiger partial charge on any atom is -0.352 e. The van der Waals surface area contributed by atoms with Crippen LogP contribution in [0.4, 0.5) is 18.9 Å². The van der Waals surface area contributed by atoms with E-state index in [1.807, 2.05) is 6.92 Å². The van der Waals surface area contributed by atoms with Crippen molar-refractivity contribution in [3.63, 3.8) is 0 Å². The minimum absolute atomic E-state index is 0.210. The lowest BCUT2D eigenvalue weighted by Crippen LogP contribution is -2.52. The summed E-state index contributed by atoms with van der Waals surface area (Å²) in [5.74, 6) is -1.38. The zero-order valence-electron chi connectivity index (χ0n) is 24.0. The third-order valence-electron chi connectivity index (χ3n) is 6.91. The summed E-state index contributed by atoms with van der Waals surface area (Å²) in [5.41, 5.74) is -0.405. The molecule has 0 fully saturated rings. The van der Waals surface area contributed by atoms with Crippen molar-refractivity contribution >= 4 is 50.7 Å². The summed E-state index contributed by atoms with van der Waals surface area (Å²) < 4.78 is 69.2. The van der Waals surface area contributed by atoms with Gasteiger partial charge in [0.15, 0.2) is 0 Å².